The third-order valence-electron chi connectivity index (χ3n) is 3.16. The van der Waals surface area contributed by atoms with E-state index in [0.29, 0.717) is 19.3 Å². The van der Waals surface area contributed by atoms with Crippen molar-refractivity contribution in [2.75, 3.05) is 0 Å². The average Bonchev–Trinajstić information content (AvgIpc) is 2.49. The molecule has 0 spiro atoms. The summed E-state index contributed by atoms with van der Waals surface area (Å²) in [4.78, 5) is 11.9. The molecule has 2 aromatic carbocycles. The molecule has 2 aromatic rings. The Balaban J connectivity index is 1.79. The Morgan fingerprint density at radius 3 is 2.16 bits per heavy atom. The number of hydrogen-bond donors (Lipinski definition) is 1. The standard InChI is InChI=1S/C17H18O2/c18-16(14-8-3-1-4-9-14)12-7-13-17(19)15-10-5-2-6-11-15/h1-6,8-11,16,18H,7,12-13H2/t16-/m1/s1. The van der Waals surface area contributed by atoms with Gasteiger partial charge in [0.15, 0.2) is 5.78 Å². The molecular weight excluding hydrogens is 236 g/mol. The first-order chi connectivity index (χ1) is 9.27. The summed E-state index contributed by atoms with van der Waals surface area (Å²) in [7, 11) is 0. The minimum Gasteiger partial charge on any atom is -0.388 e. The Morgan fingerprint density at radius 1 is 0.947 bits per heavy atom. The van der Waals surface area contributed by atoms with Crippen LogP contribution < -0.4 is 0 Å². The Bertz CT molecular complexity index is 505. The predicted molar refractivity (Wildman–Crippen MR) is 76.0 cm³/mol. The van der Waals surface area contributed by atoms with Crippen molar-refractivity contribution in [2.45, 2.75) is 25.4 Å². The summed E-state index contributed by atoms with van der Waals surface area (Å²) in [5.74, 6) is 0.140. The van der Waals surface area contributed by atoms with Gasteiger partial charge >= 0.3 is 0 Å². The summed E-state index contributed by atoms with van der Waals surface area (Å²) in [5.41, 5.74) is 1.66. The molecular formula is C17H18O2. The minimum absolute atomic E-state index is 0.140. The third kappa shape index (κ3) is 4.04. The molecule has 0 unspecified atom stereocenters. The maximum atomic E-state index is 11.9. The predicted octanol–water partition coefficient (Wildman–Crippen LogP) is 3.77. The first-order valence-electron chi connectivity index (χ1n) is 6.58. The molecule has 0 amide bonds. The number of hydrogen-bond acceptors (Lipinski definition) is 2. The Labute approximate surface area is 113 Å². The van der Waals surface area contributed by atoms with Crippen LogP contribution >= 0.6 is 0 Å². The van der Waals surface area contributed by atoms with Gasteiger partial charge in [-0.15, -0.1) is 0 Å². The molecule has 0 saturated carbocycles. The second-order valence-electron chi connectivity index (χ2n) is 4.61. The molecule has 2 heteroatoms. The molecule has 0 aliphatic carbocycles. The molecule has 0 aliphatic rings. The summed E-state index contributed by atoms with van der Waals surface area (Å²) in [6.07, 6.45) is 1.31. The zero-order valence-corrected chi connectivity index (χ0v) is 10.8. The molecule has 0 aliphatic heterocycles. The van der Waals surface area contributed by atoms with Gasteiger partial charge < -0.3 is 5.11 Å². The van der Waals surface area contributed by atoms with Crippen molar-refractivity contribution >= 4 is 5.78 Å². The highest BCUT2D eigenvalue weighted by molar-refractivity contribution is 5.95. The molecule has 0 aromatic heterocycles. The van der Waals surface area contributed by atoms with E-state index in [2.05, 4.69) is 0 Å². The fourth-order valence-corrected chi connectivity index (χ4v) is 2.07. The topological polar surface area (TPSA) is 37.3 Å². The molecule has 2 nitrogen and oxygen atoms in total. The smallest absolute Gasteiger partial charge is 0.162 e. The summed E-state index contributed by atoms with van der Waals surface area (Å²) in [6, 6.07) is 18.9. The SMILES string of the molecule is O=C(CCC[C@@H](O)c1ccccc1)c1ccccc1. The summed E-state index contributed by atoms with van der Waals surface area (Å²) < 4.78 is 0. The van der Waals surface area contributed by atoms with E-state index < -0.39 is 6.10 Å². The van der Waals surface area contributed by atoms with Gasteiger partial charge in [0.05, 0.1) is 6.10 Å². The van der Waals surface area contributed by atoms with Gasteiger partial charge in [-0.3, -0.25) is 4.79 Å². The largest absolute Gasteiger partial charge is 0.388 e. The van der Waals surface area contributed by atoms with E-state index in [1.807, 2.05) is 60.7 Å². The molecule has 0 heterocycles. The number of ketones is 1. The number of Topliss-reactive ketones (excluding diaryl/α,β-unsaturated/α-hetero) is 1. The molecule has 0 fully saturated rings. The Kier molecular flexibility index (Phi) is 4.87. The van der Waals surface area contributed by atoms with Gasteiger partial charge in [-0.05, 0) is 18.4 Å². The molecule has 0 bridgehead atoms. The van der Waals surface area contributed by atoms with Gasteiger partial charge in [0.2, 0.25) is 0 Å². The number of carbonyl (C=O) groups is 1. The lowest BCUT2D eigenvalue weighted by atomic mass is 10.0. The van der Waals surface area contributed by atoms with Crippen LogP contribution in [0, 0.1) is 0 Å². The second-order valence-corrected chi connectivity index (χ2v) is 4.61. The van der Waals surface area contributed by atoms with Crippen molar-refractivity contribution in [3.63, 3.8) is 0 Å². The van der Waals surface area contributed by atoms with Crippen LogP contribution in [0.2, 0.25) is 0 Å². The number of carbonyl (C=O) groups excluding carboxylic acids is 1. The quantitative estimate of drug-likeness (QED) is 0.797. The first-order valence-corrected chi connectivity index (χ1v) is 6.58. The molecule has 1 atom stereocenters. The van der Waals surface area contributed by atoms with E-state index in [4.69, 9.17) is 0 Å². The lowest BCUT2D eigenvalue weighted by Gasteiger charge is -2.10. The van der Waals surface area contributed by atoms with E-state index in [9.17, 15) is 9.90 Å². The van der Waals surface area contributed by atoms with Crippen LogP contribution in [-0.4, -0.2) is 10.9 Å². The van der Waals surface area contributed by atoms with Gasteiger partial charge in [0.1, 0.15) is 0 Å². The van der Waals surface area contributed by atoms with Gasteiger partial charge in [-0.25, -0.2) is 0 Å². The van der Waals surface area contributed by atoms with Crippen LogP contribution in [-0.2, 0) is 0 Å². The zero-order valence-electron chi connectivity index (χ0n) is 10.8. The summed E-state index contributed by atoms with van der Waals surface area (Å²) in [6.45, 7) is 0. The highest BCUT2D eigenvalue weighted by Gasteiger charge is 2.09. The van der Waals surface area contributed by atoms with E-state index in [-0.39, 0.29) is 5.78 Å². The number of aliphatic hydroxyl groups excluding tert-OH is 1. The van der Waals surface area contributed by atoms with Crippen molar-refractivity contribution in [1.29, 1.82) is 0 Å². The van der Waals surface area contributed by atoms with Crippen molar-refractivity contribution in [1.82, 2.24) is 0 Å². The van der Waals surface area contributed by atoms with Gasteiger partial charge in [0, 0.05) is 12.0 Å². The van der Waals surface area contributed by atoms with Crippen molar-refractivity contribution in [2.24, 2.45) is 0 Å². The molecule has 0 saturated heterocycles. The van der Waals surface area contributed by atoms with Crippen LogP contribution in [0.3, 0.4) is 0 Å². The lowest BCUT2D eigenvalue weighted by molar-refractivity contribution is 0.0969. The first kappa shape index (κ1) is 13.5. The number of aliphatic hydroxyl groups is 1. The number of rotatable bonds is 6. The fraction of sp³-hybridized carbons (Fsp3) is 0.235. The number of benzene rings is 2. The summed E-state index contributed by atoms with van der Waals surface area (Å²) in [5, 5.41) is 9.99. The van der Waals surface area contributed by atoms with E-state index in [0.717, 1.165) is 11.1 Å². The average molecular weight is 254 g/mol. The van der Waals surface area contributed by atoms with Gasteiger partial charge in [-0.1, -0.05) is 60.7 Å². The molecule has 98 valence electrons. The van der Waals surface area contributed by atoms with Crippen LogP contribution in [0.4, 0.5) is 0 Å². The molecule has 1 N–H and O–H groups in total. The fourth-order valence-electron chi connectivity index (χ4n) is 2.07. The molecule has 0 radical (unpaired) electrons. The highest BCUT2D eigenvalue weighted by Crippen LogP contribution is 2.19. The Morgan fingerprint density at radius 2 is 1.53 bits per heavy atom. The molecule has 19 heavy (non-hydrogen) atoms. The van der Waals surface area contributed by atoms with Crippen LogP contribution in [0.5, 0.6) is 0 Å². The lowest BCUT2D eigenvalue weighted by Crippen LogP contribution is -2.02. The summed E-state index contributed by atoms with van der Waals surface area (Å²) >= 11 is 0. The van der Waals surface area contributed by atoms with Crippen LogP contribution in [0.1, 0.15) is 41.3 Å². The monoisotopic (exact) mass is 254 g/mol. The van der Waals surface area contributed by atoms with Gasteiger partial charge in [0.25, 0.3) is 0 Å². The van der Waals surface area contributed by atoms with E-state index in [1.165, 1.54) is 0 Å². The Hall–Kier alpha value is -1.93. The van der Waals surface area contributed by atoms with E-state index in [1.54, 1.807) is 0 Å². The minimum atomic E-state index is -0.482. The highest BCUT2D eigenvalue weighted by atomic mass is 16.3. The van der Waals surface area contributed by atoms with Crippen LogP contribution in [0.25, 0.3) is 0 Å². The van der Waals surface area contributed by atoms with Crippen molar-refractivity contribution < 1.29 is 9.90 Å². The maximum Gasteiger partial charge on any atom is 0.162 e. The normalized spacial score (nSPS) is 12.1. The maximum absolute atomic E-state index is 11.9. The van der Waals surface area contributed by atoms with Crippen LogP contribution in [0.15, 0.2) is 60.7 Å². The zero-order chi connectivity index (χ0) is 13.5. The third-order valence-corrected chi connectivity index (χ3v) is 3.16. The van der Waals surface area contributed by atoms with Crippen molar-refractivity contribution in [3.05, 3.63) is 71.8 Å². The van der Waals surface area contributed by atoms with E-state index >= 15 is 0 Å². The second kappa shape index (κ2) is 6.86. The molecule has 2 rings (SSSR count). The van der Waals surface area contributed by atoms with Crippen molar-refractivity contribution in [3.8, 4) is 0 Å². The van der Waals surface area contributed by atoms with Gasteiger partial charge in [-0.2, -0.15) is 0 Å².